The Hall–Kier alpha value is -2.37. The second-order valence-electron chi connectivity index (χ2n) is 4.92. The molecule has 0 spiro atoms. The van der Waals surface area contributed by atoms with Crippen molar-refractivity contribution in [1.82, 2.24) is 10.2 Å². The van der Waals surface area contributed by atoms with E-state index in [1.807, 2.05) is 25.2 Å². The number of rotatable bonds is 3. The molecule has 1 aliphatic heterocycles. The molecule has 0 saturated heterocycles. The summed E-state index contributed by atoms with van der Waals surface area (Å²) in [7, 11) is 1.81. The van der Waals surface area contributed by atoms with Gasteiger partial charge < -0.3 is 14.6 Å². The number of carbonyl (C=O) groups excluding carboxylic acids is 1. The van der Waals surface area contributed by atoms with Crippen LogP contribution in [0.25, 0.3) is 0 Å². The summed E-state index contributed by atoms with van der Waals surface area (Å²) in [4.78, 5) is 13.7. The van der Waals surface area contributed by atoms with Crippen LogP contribution in [0.4, 0.5) is 11.7 Å². The molecule has 1 aromatic carbocycles. The van der Waals surface area contributed by atoms with Crippen LogP contribution in [-0.2, 0) is 4.79 Å². The van der Waals surface area contributed by atoms with E-state index < -0.39 is 0 Å². The smallest absolute Gasteiger partial charge is 0.315 e. The number of aryl methyl sites for hydroxylation is 1. The Balaban J connectivity index is 1.80. The van der Waals surface area contributed by atoms with E-state index in [1.54, 1.807) is 11.8 Å². The predicted octanol–water partition coefficient (Wildman–Crippen LogP) is 1.94. The summed E-state index contributed by atoms with van der Waals surface area (Å²) in [6.45, 7) is 2.34. The van der Waals surface area contributed by atoms with Gasteiger partial charge in [0.05, 0.1) is 0 Å². The summed E-state index contributed by atoms with van der Waals surface area (Å²) < 4.78 is 5.28. The van der Waals surface area contributed by atoms with Gasteiger partial charge >= 0.3 is 6.01 Å². The highest BCUT2D eigenvalue weighted by atomic mass is 16.4. The van der Waals surface area contributed by atoms with Gasteiger partial charge in [-0.15, -0.1) is 5.10 Å². The van der Waals surface area contributed by atoms with Gasteiger partial charge in [-0.25, -0.2) is 0 Å². The lowest BCUT2D eigenvalue weighted by molar-refractivity contribution is -0.119. The van der Waals surface area contributed by atoms with Crippen molar-refractivity contribution >= 4 is 17.6 Å². The zero-order chi connectivity index (χ0) is 14.1. The Morgan fingerprint density at radius 3 is 2.95 bits per heavy atom. The van der Waals surface area contributed by atoms with E-state index in [4.69, 9.17) is 4.42 Å². The lowest BCUT2D eigenvalue weighted by Gasteiger charge is -2.31. The number of amides is 1. The molecule has 2 aromatic rings. The van der Waals surface area contributed by atoms with Gasteiger partial charge in [0, 0.05) is 38.5 Å². The lowest BCUT2D eigenvalue weighted by Crippen LogP contribution is -2.35. The Kier molecular flexibility index (Phi) is 3.14. The minimum atomic E-state index is 0.113. The number of carbonyl (C=O) groups is 1. The monoisotopic (exact) mass is 272 g/mol. The van der Waals surface area contributed by atoms with Gasteiger partial charge in [-0.3, -0.25) is 4.79 Å². The summed E-state index contributed by atoms with van der Waals surface area (Å²) in [5.41, 5.74) is 2.13. The first kappa shape index (κ1) is 12.7. The normalized spacial score (nSPS) is 18.0. The minimum absolute atomic E-state index is 0.113. The topological polar surface area (TPSA) is 71.3 Å². The van der Waals surface area contributed by atoms with Crippen LogP contribution in [0.2, 0.25) is 0 Å². The van der Waals surface area contributed by atoms with Crippen LogP contribution in [0.15, 0.2) is 28.7 Å². The maximum absolute atomic E-state index is 12.0. The largest absolute Gasteiger partial charge is 0.408 e. The maximum atomic E-state index is 12.0. The van der Waals surface area contributed by atoms with Crippen LogP contribution in [0.3, 0.4) is 0 Å². The average molecular weight is 272 g/mol. The van der Waals surface area contributed by atoms with Crippen LogP contribution in [0.5, 0.6) is 0 Å². The van der Waals surface area contributed by atoms with E-state index in [0.717, 1.165) is 5.69 Å². The maximum Gasteiger partial charge on any atom is 0.315 e. The number of anilines is 2. The molecule has 0 bridgehead atoms. The SMILES string of the molecule is Cc1nnc(NC[C@H]2CC(=O)N(C)c3ccccc32)o1. The van der Waals surface area contributed by atoms with Crippen molar-refractivity contribution in [2.45, 2.75) is 19.3 Å². The number of benzene rings is 1. The summed E-state index contributed by atoms with van der Waals surface area (Å²) >= 11 is 0. The van der Waals surface area contributed by atoms with E-state index >= 15 is 0 Å². The number of hydrogen-bond acceptors (Lipinski definition) is 5. The molecule has 1 amide bonds. The molecular weight excluding hydrogens is 256 g/mol. The molecule has 104 valence electrons. The molecule has 0 aliphatic carbocycles. The zero-order valence-electron chi connectivity index (χ0n) is 11.5. The Morgan fingerprint density at radius 1 is 1.40 bits per heavy atom. The van der Waals surface area contributed by atoms with E-state index in [2.05, 4.69) is 21.6 Å². The first-order valence-electron chi connectivity index (χ1n) is 6.54. The molecule has 2 heterocycles. The van der Waals surface area contributed by atoms with E-state index in [1.165, 1.54) is 5.56 Å². The molecule has 0 saturated carbocycles. The molecule has 0 radical (unpaired) electrons. The van der Waals surface area contributed by atoms with Crippen molar-refractivity contribution < 1.29 is 9.21 Å². The third-order valence-electron chi connectivity index (χ3n) is 3.56. The Bertz CT molecular complexity index is 638. The van der Waals surface area contributed by atoms with Gasteiger partial charge in [-0.2, -0.15) is 0 Å². The van der Waals surface area contributed by atoms with E-state index in [9.17, 15) is 4.79 Å². The average Bonchev–Trinajstić information content (AvgIpc) is 2.87. The summed E-state index contributed by atoms with van der Waals surface area (Å²) in [6.07, 6.45) is 0.480. The predicted molar refractivity (Wildman–Crippen MR) is 74.7 cm³/mol. The highest BCUT2D eigenvalue weighted by Gasteiger charge is 2.28. The van der Waals surface area contributed by atoms with Gasteiger partial charge in [0.15, 0.2) is 0 Å². The first-order chi connectivity index (χ1) is 9.65. The highest BCUT2D eigenvalue weighted by molar-refractivity contribution is 5.96. The molecule has 1 aromatic heterocycles. The van der Waals surface area contributed by atoms with Crippen molar-refractivity contribution in [1.29, 1.82) is 0 Å². The molecule has 1 aliphatic rings. The van der Waals surface area contributed by atoms with Gasteiger partial charge in [-0.05, 0) is 11.6 Å². The fraction of sp³-hybridized carbons (Fsp3) is 0.357. The number of para-hydroxylation sites is 1. The van der Waals surface area contributed by atoms with Crippen LogP contribution >= 0.6 is 0 Å². The fourth-order valence-corrected chi connectivity index (χ4v) is 2.49. The molecule has 6 nitrogen and oxygen atoms in total. The summed E-state index contributed by atoms with van der Waals surface area (Å²) in [6, 6.07) is 8.36. The second kappa shape index (κ2) is 4.96. The van der Waals surface area contributed by atoms with Crippen LogP contribution in [-0.4, -0.2) is 29.7 Å². The van der Waals surface area contributed by atoms with Crippen molar-refractivity contribution in [2.24, 2.45) is 0 Å². The Labute approximate surface area is 116 Å². The Morgan fingerprint density at radius 2 is 2.20 bits per heavy atom. The first-order valence-corrected chi connectivity index (χ1v) is 6.54. The van der Waals surface area contributed by atoms with Gasteiger partial charge in [0.1, 0.15) is 0 Å². The van der Waals surface area contributed by atoms with Crippen LogP contribution < -0.4 is 10.2 Å². The molecule has 6 heteroatoms. The molecule has 0 unspecified atom stereocenters. The van der Waals surface area contributed by atoms with Gasteiger partial charge in [0.25, 0.3) is 0 Å². The number of fused-ring (bicyclic) bond motifs is 1. The van der Waals surface area contributed by atoms with E-state index in [0.29, 0.717) is 24.9 Å². The van der Waals surface area contributed by atoms with Gasteiger partial charge in [0.2, 0.25) is 11.8 Å². The molecular formula is C14H16N4O2. The molecule has 20 heavy (non-hydrogen) atoms. The van der Waals surface area contributed by atoms with Crippen molar-refractivity contribution in [3.05, 3.63) is 35.7 Å². The summed E-state index contributed by atoms with van der Waals surface area (Å²) in [5.74, 6) is 0.756. The quantitative estimate of drug-likeness (QED) is 0.924. The van der Waals surface area contributed by atoms with Crippen LogP contribution in [0, 0.1) is 6.92 Å². The molecule has 1 atom stereocenters. The standard InChI is InChI=1S/C14H16N4O2/c1-9-16-17-14(20-9)15-8-10-7-13(19)18(2)12-6-4-3-5-11(10)12/h3-6,10H,7-8H2,1-2H3,(H,15,17)/t10-/m1/s1. The zero-order valence-corrected chi connectivity index (χ0v) is 11.5. The number of hydrogen-bond donors (Lipinski definition) is 1. The molecule has 0 fully saturated rings. The minimum Gasteiger partial charge on any atom is -0.408 e. The molecule has 1 N–H and O–H groups in total. The molecule has 3 rings (SSSR count). The van der Waals surface area contributed by atoms with Crippen molar-refractivity contribution in [3.63, 3.8) is 0 Å². The number of nitrogens with zero attached hydrogens (tertiary/aromatic N) is 3. The number of nitrogens with one attached hydrogen (secondary N) is 1. The third-order valence-corrected chi connectivity index (χ3v) is 3.56. The van der Waals surface area contributed by atoms with Crippen LogP contribution in [0.1, 0.15) is 23.8 Å². The summed E-state index contributed by atoms with van der Waals surface area (Å²) in [5, 5.41) is 10.8. The van der Waals surface area contributed by atoms with Crippen molar-refractivity contribution in [2.75, 3.05) is 23.8 Å². The fourth-order valence-electron chi connectivity index (χ4n) is 2.49. The number of aromatic nitrogens is 2. The van der Waals surface area contributed by atoms with Gasteiger partial charge in [-0.1, -0.05) is 23.3 Å². The van der Waals surface area contributed by atoms with E-state index in [-0.39, 0.29) is 11.8 Å². The lowest BCUT2D eigenvalue weighted by atomic mass is 9.89. The highest BCUT2D eigenvalue weighted by Crippen LogP contribution is 2.34. The second-order valence-corrected chi connectivity index (χ2v) is 4.92. The van der Waals surface area contributed by atoms with Crippen molar-refractivity contribution in [3.8, 4) is 0 Å². The third kappa shape index (κ3) is 2.24.